The van der Waals surface area contributed by atoms with E-state index in [9.17, 15) is 5.26 Å². The molecule has 0 fully saturated rings. The van der Waals surface area contributed by atoms with Crippen LogP contribution >= 0.6 is 0 Å². The molecule has 0 bridgehead atoms. The van der Waals surface area contributed by atoms with E-state index in [0.717, 1.165) is 43.9 Å². The minimum absolute atomic E-state index is 0.752. The summed E-state index contributed by atoms with van der Waals surface area (Å²) < 4.78 is 0. The molecule has 4 heteroatoms. The van der Waals surface area contributed by atoms with E-state index in [2.05, 4.69) is 54.3 Å². The van der Waals surface area contributed by atoms with Crippen LogP contribution in [0, 0.1) is 11.3 Å². The van der Waals surface area contributed by atoms with Crippen molar-refractivity contribution in [2.45, 2.75) is 19.9 Å². The number of hydrogen-bond acceptors (Lipinski definition) is 4. The highest BCUT2D eigenvalue weighted by atomic mass is 15.2. The van der Waals surface area contributed by atoms with Crippen molar-refractivity contribution in [1.29, 1.82) is 5.26 Å². The first-order valence-electron chi connectivity index (χ1n) is 7.18. The molecule has 0 aromatic heterocycles. The molecular formula is C16H26N4. The van der Waals surface area contributed by atoms with Crippen LogP contribution in [-0.2, 0) is 6.54 Å². The maximum Gasteiger partial charge on any atom is 0.101 e. The van der Waals surface area contributed by atoms with Crippen LogP contribution in [0.4, 0.5) is 5.69 Å². The standard InChI is InChI=1S/C16H26N4/c1-5-8-18-13-14-6-7-16(15(11-14)12-17)20(4)10-9-19(2)3/h6-7,11,18H,5,8-10,13H2,1-4H3. The lowest BCUT2D eigenvalue weighted by Crippen LogP contribution is -2.29. The predicted molar refractivity (Wildman–Crippen MR) is 85.0 cm³/mol. The first kappa shape index (κ1) is 16.5. The smallest absolute Gasteiger partial charge is 0.101 e. The van der Waals surface area contributed by atoms with Crippen molar-refractivity contribution >= 4 is 5.69 Å². The zero-order chi connectivity index (χ0) is 15.0. The molecule has 0 atom stereocenters. The van der Waals surface area contributed by atoms with Gasteiger partial charge in [-0.3, -0.25) is 0 Å². The van der Waals surface area contributed by atoms with Gasteiger partial charge in [-0.25, -0.2) is 0 Å². The summed E-state index contributed by atoms with van der Waals surface area (Å²) in [4.78, 5) is 4.29. The lowest BCUT2D eigenvalue weighted by molar-refractivity contribution is 0.416. The van der Waals surface area contributed by atoms with Gasteiger partial charge in [0.05, 0.1) is 11.3 Å². The molecule has 0 aliphatic carbocycles. The Morgan fingerprint density at radius 2 is 1.95 bits per heavy atom. The van der Waals surface area contributed by atoms with E-state index in [1.807, 2.05) is 13.1 Å². The largest absolute Gasteiger partial charge is 0.372 e. The third-order valence-corrected chi connectivity index (χ3v) is 3.23. The van der Waals surface area contributed by atoms with Gasteiger partial charge in [-0.2, -0.15) is 5.26 Å². The van der Waals surface area contributed by atoms with Crippen LogP contribution in [0.25, 0.3) is 0 Å². The zero-order valence-electron chi connectivity index (χ0n) is 13.1. The van der Waals surface area contributed by atoms with Crippen molar-refractivity contribution in [3.63, 3.8) is 0 Å². The number of rotatable bonds is 8. The van der Waals surface area contributed by atoms with Gasteiger partial charge in [-0.15, -0.1) is 0 Å². The van der Waals surface area contributed by atoms with Gasteiger partial charge in [0, 0.05) is 26.7 Å². The Kier molecular flexibility index (Phi) is 7.06. The molecule has 0 aliphatic heterocycles. The third-order valence-electron chi connectivity index (χ3n) is 3.23. The van der Waals surface area contributed by atoms with Gasteiger partial charge in [-0.05, 0) is 44.8 Å². The van der Waals surface area contributed by atoms with E-state index in [4.69, 9.17) is 0 Å². The molecule has 110 valence electrons. The Morgan fingerprint density at radius 3 is 2.55 bits per heavy atom. The van der Waals surface area contributed by atoms with E-state index < -0.39 is 0 Å². The summed E-state index contributed by atoms with van der Waals surface area (Å²) in [6.07, 6.45) is 1.12. The lowest BCUT2D eigenvalue weighted by Gasteiger charge is -2.23. The van der Waals surface area contributed by atoms with Gasteiger partial charge in [0.1, 0.15) is 6.07 Å². The average Bonchev–Trinajstić information content (AvgIpc) is 2.44. The average molecular weight is 274 g/mol. The molecule has 0 unspecified atom stereocenters. The van der Waals surface area contributed by atoms with Gasteiger partial charge in [0.25, 0.3) is 0 Å². The number of nitrogens with zero attached hydrogens (tertiary/aromatic N) is 3. The number of nitriles is 1. The van der Waals surface area contributed by atoms with Crippen molar-refractivity contribution in [2.75, 3.05) is 45.7 Å². The Bertz CT molecular complexity index is 448. The molecule has 20 heavy (non-hydrogen) atoms. The number of benzene rings is 1. The highest BCUT2D eigenvalue weighted by Crippen LogP contribution is 2.20. The van der Waals surface area contributed by atoms with E-state index in [-0.39, 0.29) is 0 Å². The van der Waals surface area contributed by atoms with Gasteiger partial charge in [0.15, 0.2) is 0 Å². The summed E-state index contributed by atoms with van der Waals surface area (Å²) in [5, 5.41) is 12.7. The molecule has 1 N–H and O–H groups in total. The second kappa shape index (κ2) is 8.57. The minimum atomic E-state index is 0.752. The zero-order valence-corrected chi connectivity index (χ0v) is 13.1. The number of likely N-dealkylation sites (N-methyl/N-ethyl adjacent to an activating group) is 2. The maximum atomic E-state index is 9.33. The summed E-state index contributed by atoms with van der Waals surface area (Å²) in [6, 6.07) is 8.46. The van der Waals surface area contributed by atoms with Crippen LogP contribution < -0.4 is 10.2 Å². The first-order valence-corrected chi connectivity index (χ1v) is 7.18. The second-order valence-electron chi connectivity index (χ2n) is 5.36. The highest BCUT2D eigenvalue weighted by Gasteiger charge is 2.08. The van der Waals surface area contributed by atoms with Crippen molar-refractivity contribution in [2.24, 2.45) is 0 Å². The molecule has 0 radical (unpaired) electrons. The van der Waals surface area contributed by atoms with E-state index in [0.29, 0.717) is 0 Å². The van der Waals surface area contributed by atoms with E-state index in [1.165, 1.54) is 5.56 Å². The van der Waals surface area contributed by atoms with E-state index in [1.54, 1.807) is 0 Å². The van der Waals surface area contributed by atoms with Crippen LogP contribution in [0.1, 0.15) is 24.5 Å². The van der Waals surface area contributed by atoms with Gasteiger partial charge < -0.3 is 15.1 Å². The second-order valence-corrected chi connectivity index (χ2v) is 5.36. The molecular weight excluding hydrogens is 248 g/mol. The quantitative estimate of drug-likeness (QED) is 0.737. The molecule has 0 spiro atoms. The number of nitrogens with one attached hydrogen (secondary N) is 1. The highest BCUT2D eigenvalue weighted by molar-refractivity contribution is 5.60. The van der Waals surface area contributed by atoms with Crippen molar-refractivity contribution < 1.29 is 0 Å². The molecule has 0 heterocycles. The third kappa shape index (κ3) is 5.20. The van der Waals surface area contributed by atoms with Crippen LogP contribution in [-0.4, -0.2) is 45.7 Å². The fourth-order valence-electron chi connectivity index (χ4n) is 2.00. The fraction of sp³-hybridized carbons (Fsp3) is 0.562. The normalized spacial score (nSPS) is 10.6. The molecule has 0 aliphatic rings. The van der Waals surface area contributed by atoms with Crippen molar-refractivity contribution in [1.82, 2.24) is 10.2 Å². The Hall–Kier alpha value is -1.57. The van der Waals surface area contributed by atoms with E-state index >= 15 is 0 Å². The molecule has 4 nitrogen and oxygen atoms in total. The summed E-state index contributed by atoms with van der Waals surface area (Å²) in [6.45, 7) is 5.86. The number of hydrogen-bond donors (Lipinski definition) is 1. The monoisotopic (exact) mass is 274 g/mol. The van der Waals surface area contributed by atoms with Crippen LogP contribution in [0.3, 0.4) is 0 Å². The Labute approximate surface area is 123 Å². The molecule has 1 aromatic rings. The molecule has 0 saturated carbocycles. The maximum absolute atomic E-state index is 9.33. The SMILES string of the molecule is CCCNCc1ccc(N(C)CCN(C)C)c(C#N)c1. The molecule has 1 aromatic carbocycles. The molecule has 1 rings (SSSR count). The first-order chi connectivity index (χ1) is 9.58. The summed E-state index contributed by atoms with van der Waals surface area (Å²) in [7, 11) is 6.15. The molecule has 0 saturated heterocycles. The Morgan fingerprint density at radius 1 is 1.20 bits per heavy atom. The topological polar surface area (TPSA) is 42.3 Å². The van der Waals surface area contributed by atoms with Crippen LogP contribution in [0.2, 0.25) is 0 Å². The fourth-order valence-corrected chi connectivity index (χ4v) is 2.00. The van der Waals surface area contributed by atoms with Crippen molar-refractivity contribution in [3.05, 3.63) is 29.3 Å². The lowest BCUT2D eigenvalue weighted by atomic mass is 10.1. The van der Waals surface area contributed by atoms with Crippen LogP contribution in [0.5, 0.6) is 0 Å². The summed E-state index contributed by atoms with van der Waals surface area (Å²) in [5.74, 6) is 0. The Balaban J connectivity index is 2.75. The van der Waals surface area contributed by atoms with Crippen molar-refractivity contribution in [3.8, 4) is 6.07 Å². The number of anilines is 1. The summed E-state index contributed by atoms with van der Waals surface area (Å²) >= 11 is 0. The predicted octanol–water partition coefficient (Wildman–Crippen LogP) is 2.06. The van der Waals surface area contributed by atoms with Gasteiger partial charge in [0.2, 0.25) is 0 Å². The van der Waals surface area contributed by atoms with Gasteiger partial charge >= 0.3 is 0 Å². The molecule has 0 amide bonds. The minimum Gasteiger partial charge on any atom is -0.372 e. The summed E-state index contributed by atoms with van der Waals surface area (Å²) in [5.41, 5.74) is 2.93. The van der Waals surface area contributed by atoms with Gasteiger partial charge in [-0.1, -0.05) is 13.0 Å². The van der Waals surface area contributed by atoms with Crippen LogP contribution in [0.15, 0.2) is 18.2 Å².